The van der Waals surface area contributed by atoms with Crippen molar-refractivity contribution in [1.82, 2.24) is 4.90 Å². The van der Waals surface area contributed by atoms with Gasteiger partial charge in [0.05, 0.1) is 18.2 Å². The van der Waals surface area contributed by atoms with Gasteiger partial charge in [-0.2, -0.15) is 10.5 Å². The van der Waals surface area contributed by atoms with Gasteiger partial charge >= 0.3 is 0 Å². The molecule has 1 fully saturated rings. The van der Waals surface area contributed by atoms with Crippen molar-refractivity contribution < 1.29 is 4.79 Å². The zero-order valence-electron chi connectivity index (χ0n) is 14.2. The molecule has 2 N–H and O–H groups in total. The van der Waals surface area contributed by atoms with Crippen LogP contribution < -0.4 is 5.73 Å². The lowest BCUT2D eigenvalue weighted by Gasteiger charge is -2.34. The van der Waals surface area contributed by atoms with E-state index in [9.17, 15) is 15.3 Å². The number of carbonyl (C=O) groups is 1. The van der Waals surface area contributed by atoms with Gasteiger partial charge in [0.15, 0.2) is 5.41 Å². The van der Waals surface area contributed by atoms with Gasteiger partial charge in [0.25, 0.3) is 0 Å². The Balaban J connectivity index is 2.00. The molecule has 4 rings (SSSR count). The lowest BCUT2D eigenvalue weighted by atomic mass is 9.68. The van der Waals surface area contributed by atoms with E-state index in [-0.39, 0.29) is 0 Å². The van der Waals surface area contributed by atoms with Crippen LogP contribution in [-0.2, 0) is 4.79 Å². The first-order valence-electron chi connectivity index (χ1n) is 8.45. The molecule has 2 aromatic rings. The molecule has 0 unspecified atom stereocenters. The highest BCUT2D eigenvalue weighted by Crippen LogP contribution is 2.59. The fourth-order valence-corrected chi connectivity index (χ4v) is 4.63. The Morgan fingerprint density at radius 2 is 1.78 bits per heavy atom. The number of nitrogens with two attached hydrogens (primary N) is 1. The van der Waals surface area contributed by atoms with Gasteiger partial charge < -0.3 is 10.6 Å². The first kappa shape index (κ1) is 17.3. The summed E-state index contributed by atoms with van der Waals surface area (Å²) in [6, 6.07) is 18.1. The number of hydrogen-bond donors (Lipinski definition) is 1. The van der Waals surface area contributed by atoms with Crippen molar-refractivity contribution in [3.05, 3.63) is 75.9 Å². The van der Waals surface area contributed by atoms with Crippen molar-refractivity contribution in [2.24, 2.45) is 11.1 Å². The lowest BCUT2D eigenvalue weighted by Crippen LogP contribution is -2.41. The topological polar surface area (TPSA) is 93.9 Å². The van der Waals surface area contributed by atoms with Crippen LogP contribution >= 0.6 is 15.9 Å². The molecule has 2 aromatic carbocycles. The molecule has 1 saturated heterocycles. The maximum atomic E-state index is 12.5. The van der Waals surface area contributed by atoms with E-state index in [4.69, 9.17) is 5.73 Å². The Kier molecular flexibility index (Phi) is 4.02. The molecule has 3 atom stereocenters. The number of benzene rings is 2. The quantitative estimate of drug-likeness (QED) is 0.807. The van der Waals surface area contributed by atoms with Crippen LogP contribution in [0.2, 0.25) is 0 Å². The van der Waals surface area contributed by atoms with Gasteiger partial charge in [-0.1, -0.05) is 52.3 Å². The first-order valence-corrected chi connectivity index (χ1v) is 9.24. The number of fused-ring (bicyclic) bond motifs is 3. The average molecular weight is 419 g/mol. The molecule has 132 valence electrons. The Bertz CT molecular complexity index is 1020. The molecule has 0 aliphatic carbocycles. The number of amides is 1. The van der Waals surface area contributed by atoms with Crippen LogP contribution in [-0.4, -0.2) is 16.8 Å². The van der Waals surface area contributed by atoms with Crippen LogP contribution in [0.1, 0.15) is 28.7 Å². The average Bonchev–Trinajstić information content (AvgIpc) is 3.00. The second-order valence-corrected chi connectivity index (χ2v) is 7.68. The van der Waals surface area contributed by atoms with Crippen LogP contribution in [0.25, 0.3) is 6.08 Å². The SMILES string of the molecule is N#CC1(C#N)[C@H](c2ccc(Br)cc2)[C@@H](C(N)=O)N2C=Cc3ccccc3[C@H]21. The van der Waals surface area contributed by atoms with Gasteiger partial charge in [0.2, 0.25) is 5.91 Å². The minimum Gasteiger partial charge on any atom is -0.368 e. The van der Waals surface area contributed by atoms with Crippen LogP contribution in [0.5, 0.6) is 0 Å². The van der Waals surface area contributed by atoms with E-state index in [2.05, 4.69) is 28.1 Å². The van der Waals surface area contributed by atoms with Crippen molar-refractivity contribution >= 4 is 27.9 Å². The van der Waals surface area contributed by atoms with E-state index in [1.165, 1.54) is 0 Å². The number of primary amides is 1. The summed E-state index contributed by atoms with van der Waals surface area (Å²) in [6.07, 6.45) is 3.68. The van der Waals surface area contributed by atoms with Crippen molar-refractivity contribution in [2.75, 3.05) is 0 Å². The Labute approximate surface area is 165 Å². The van der Waals surface area contributed by atoms with Crippen molar-refractivity contribution in [3.8, 4) is 12.1 Å². The zero-order chi connectivity index (χ0) is 19.2. The summed E-state index contributed by atoms with van der Waals surface area (Å²) in [5.74, 6) is -1.22. The summed E-state index contributed by atoms with van der Waals surface area (Å²) in [6.45, 7) is 0. The van der Waals surface area contributed by atoms with E-state index in [0.29, 0.717) is 0 Å². The normalized spacial score (nSPS) is 24.4. The number of nitriles is 2. The molecular weight excluding hydrogens is 404 g/mol. The molecule has 0 spiro atoms. The molecule has 0 radical (unpaired) electrons. The summed E-state index contributed by atoms with van der Waals surface area (Å²) in [4.78, 5) is 14.2. The van der Waals surface area contributed by atoms with Gasteiger partial charge in [-0.25, -0.2) is 0 Å². The molecule has 2 aliphatic rings. The highest BCUT2D eigenvalue weighted by molar-refractivity contribution is 9.10. The third-order valence-electron chi connectivity index (χ3n) is 5.46. The molecule has 2 aliphatic heterocycles. The summed E-state index contributed by atoms with van der Waals surface area (Å²) in [5, 5.41) is 20.4. The van der Waals surface area contributed by atoms with Crippen molar-refractivity contribution in [1.29, 1.82) is 10.5 Å². The number of rotatable bonds is 2. The van der Waals surface area contributed by atoms with Gasteiger partial charge in [-0.05, 0) is 34.9 Å². The highest BCUT2D eigenvalue weighted by atomic mass is 79.9. The van der Waals surface area contributed by atoms with Crippen molar-refractivity contribution in [3.63, 3.8) is 0 Å². The van der Waals surface area contributed by atoms with Crippen LogP contribution in [0.3, 0.4) is 0 Å². The standard InChI is InChI=1S/C21H15BrN4O/c22-15-7-5-14(6-8-15)17-18(20(25)27)26-10-9-13-3-1-2-4-16(13)19(26)21(17,11-23)12-24/h1-10,17-19H,(H2,25,27)/t17-,18+,19+/m1/s1. The Hall–Kier alpha value is -3.09. The fourth-order valence-electron chi connectivity index (χ4n) is 4.36. The Morgan fingerprint density at radius 1 is 1.11 bits per heavy atom. The van der Waals surface area contributed by atoms with Crippen LogP contribution in [0.4, 0.5) is 0 Å². The van der Waals surface area contributed by atoms with Crippen LogP contribution in [0, 0.1) is 28.1 Å². The molecule has 2 heterocycles. The lowest BCUT2D eigenvalue weighted by molar-refractivity contribution is -0.122. The first-order chi connectivity index (χ1) is 13.0. The minimum atomic E-state index is -1.45. The summed E-state index contributed by atoms with van der Waals surface area (Å²) >= 11 is 3.40. The third kappa shape index (κ3) is 2.38. The molecule has 1 amide bonds. The summed E-state index contributed by atoms with van der Waals surface area (Å²) < 4.78 is 0.877. The second kappa shape index (κ2) is 6.26. The zero-order valence-corrected chi connectivity index (χ0v) is 15.8. The summed E-state index contributed by atoms with van der Waals surface area (Å²) in [7, 11) is 0. The van der Waals surface area contributed by atoms with Gasteiger partial charge in [-0.3, -0.25) is 4.79 Å². The van der Waals surface area contributed by atoms with E-state index < -0.39 is 29.3 Å². The van der Waals surface area contributed by atoms with Crippen molar-refractivity contribution in [2.45, 2.75) is 18.0 Å². The number of nitrogens with zero attached hydrogens (tertiary/aromatic N) is 3. The van der Waals surface area contributed by atoms with Gasteiger partial charge in [0.1, 0.15) is 6.04 Å². The highest BCUT2D eigenvalue weighted by Gasteiger charge is 2.63. The maximum Gasteiger partial charge on any atom is 0.240 e. The molecule has 0 saturated carbocycles. The minimum absolute atomic E-state index is 0.552. The Morgan fingerprint density at radius 3 is 2.41 bits per heavy atom. The van der Waals surface area contributed by atoms with Gasteiger partial charge in [-0.15, -0.1) is 0 Å². The fraction of sp³-hybridized carbons (Fsp3) is 0.190. The third-order valence-corrected chi connectivity index (χ3v) is 5.99. The molecule has 6 heteroatoms. The molecule has 0 bridgehead atoms. The number of carbonyl (C=O) groups excluding carboxylic acids is 1. The van der Waals surface area contributed by atoms with E-state index >= 15 is 0 Å². The van der Waals surface area contributed by atoms with Gasteiger partial charge in [0, 0.05) is 16.6 Å². The van der Waals surface area contributed by atoms with E-state index in [0.717, 1.165) is 21.2 Å². The second-order valence-electron chi connectivity index (χ2n) is 6.76. The number of hydrogen-bond acceptors (Lipinski definition) is 4. The number of halogens is 1. The summed E-state index contributed by atoms with van der Waals surface area (Å²) in [5.41, 5.74) is 6.86. The monoisotopic (exact) mass is 418 g/mol. The molecular formula is C21H15BrN4O. The molecule has 5 nitrogen and oxygen atoms in total. The van der Waals surface area contributed by atoms with Crippen LogP contribution in [0.15, 0.2) is 59.2 Å². The molecule has 0 aromatic heterocycles. The van der Waals surface area contributed by atoms with E-state index in [1.54, 1.807) is 11.1 Å². The predicted molar refractivity (Wildman–Crippen MR) is 104 cm³/mol. The van der Waals surface area contributed by atoms with E-state index in [1.807, 2.05) is 54.6 Å². The predicted octanol–water partition coefficient (Wildman–Crippen LogP) is 3.46. The maximum absolute atomic E-state index is 12.5. The molecule has 27 heavy (non-hydrogen) atoms. The smallest absolute Gasteiger partial charge is 0.240 e. The largest absolute Gasteiger partial charge is 0.368 e.